The molecule has 0 saturated carbocycles. The van der Waals surface area contributed by atoms with E-state index in [1.54, 1.807) is 17.2 Å². The number of ether oxygens (including phenoxy) is 1. The minimum Gasteiger partial charge on any atom is -0.508 e. The third-order valence-electron chi connectivity index (χ3n) is 7.46. The number of anilines is 2. The van der Waals surface area contributed by atoms with E-state index < -0.39 is 12.1 Å². The maximum absolute atomic E-state index is 12.7. The predicted octanol–water partition coefficient (Wildman–Crippen LogP) is 2.17. The number of hydrazone groups is 1. The molecule has 0 aliphatic carbocycles. The van der Waals surface area contributed by atoms with Crippen molar-refractivity contribution in [1.82, 2.24) is 14.9 Å². The fourth-order valence-electron chi connectivity index (χ4n) is 5.41. The largest absolute Gasteiger partial charge is 0.508 e. The zero-order valence-corrected chi connectivity index (χ0v) is 22.1. The fraction of sp³-hybridized carbons (Fsp3) is 0.519. The highest BCUT2D eigenvalue weighted by atomic mass is 16.5. The number of amides is 1. The van der Waals surface area contributed by atoms with E-state index in [-0.39, 0.29) is 23.3 Å². The SMILES string of the molecule is CC(C)c1cc(C2N(CCN3CCCC3)N=C(C(N)=O)N2c2ccc(N3CCOCC3)nc2)c(O)cc1O. The van der Waals surface area contributed by atoms with Gasteiger partial charge >= 0.3 is 0 Å². The summed E-state index contributed by atoms with van der Waals surface area (Å²) < 4.78 is 5.45. The smallest absolute Gasteiger partial charge is 0.286 e. The van der Waals surface area contributed by atoms with Gasteiger partial charge < -0.3 is 30.5 Å². The Morgan fingerprint density at radius 1 is 1.08 bits per heavy atom. The number of carbonyl (C=O) groups is 1. The molecule has 4 heterocycles. The third-order valence-corrected chi connectivity index (χ3v) is 7.46. The molecule has 5 rings (SSSR count). The van der Waals surface area contributed by atoms with Gasteiger partial charge in [-0.3, -0.25) is 14.7 Å². The monoisotopic (exact) mass is 523 g/mol. The van der Waals surface area contributed by atoms with Gasteiger partial charge in [-0.15, -0.1) is 0 Å². The number of rotatable bonds is 8. The number of hydrogen-bond acceptors (Lipinski definition) is 10. The molecule has 2 fully saturated rings. The van der Waals surface area contributed by atoms with Crippen LogP contribution < -0.4 is 15.5 Å². The van der Waals surface area contributed by atoms with Crippen molar-refractivity contribution in [2.24, 2.45) is 10.8 Å². The van der Waals surface area contributed by atoms with Gasteiger partial charge in [-0.1, -0.05) is 13.8 Å². The van der Waals surface area contributed by atoms with Crippen LogP contribution in [0.4, 0.5) is 11.5 Å². The van der Waals surface area contributed by atoms with Crippen LogP contribution in [0.1, 0.15) is 49.9 Å². The molecule has 1 aromatic heterocycles. The van der Waals surface area contributed by atoms with Crippen LogP contribution in [0, 0.1) is 0 Å². The number of morpholine rings is 1. The van der Waals surface area contributed by atoms with E-state index in [4.69, 9.17) is 10.5 Å². The lowest BCUT2D eigenvalue weighted by molar-refractivity contribution is -0.112. The molecular formula is C27H37N7O4. The number of benzene rings is 1. The van der Waals surface area contributed by atoms with Crippen LogP contribution in [0.2, 0.25) is 0 Å². The van der Waals surface area contributed by atoms with Crippen molar-refractivity contribution in [2.75, 3.05) is 62.3 Å². The van der Waals surface area contributed by atoms with Gasteiger partial charge in [0, 0.05) is 31.3 Å². The second kappa shape index (κ2) is 11.0. The van der Waals surface area contributed by atoms with Crippen LogP contribution in [-0.2, 0) is 9.53 Å². The van der Waals surface area contributed by atoms with Crippen molar-refractivity contribution in [2.45, 2.75) is 38.8 Å². The summed E-state index contributed by atoms with van der Waals surface area (Å²) >= 11 is 0. The summed E-state index contributed by atoms with van der Waals surface area (Å²) in [5.41, 5.74) is 7.70. The summed E-state index contributed by atoms with van der Waals surface area (Å²) in [6.45, 7) is 10.2. The Kier molecular flexibility index (Phi) is 7.57. The van der Waals surface area contributed by atoms with Crippen LogP contribution in [0.5, 0.6) is 11.5 Å². The number of nitrogens with two attached hydrogens (primary N) is 1. The topological polar surface area (TPSA) is 131 Å². The van der Waals surface area contributed by atoms with Crippen LogP contribution in [0.3, 0.4) is 0 Å². The lowest BCUT2D eigenvalue weighted by Crippen LogP contribution is -2.42. The molecule has 0 bridgehead atoms. The zero-order chi connectivity index (χ0) is 26.8. The summed E-state index contributed by atoms with van der Waals surface area (Å²) in [7, 11) is 0. The molecule has 11 heteroatoms. The Hall–Kier alpha value is -3.57. The Labute approximate surface area is 223 Å². The summed E-state index contributed by atoms with van der Waals surface area (Å²) in [5.74, 6) is 0.210. The van der Waals surface area contributed by atoms with Crippen molar-refractivity contribution < 1.29 is 19.7 Å². The van der Waals surface area contributed by atoms with Gasteiger partial charge in [-0.05, 0) is 55.6 Å². The Morgan fingerprint density at radius 2 is 1.82 bits per heavy atom. The molecule has 1 unspecified atom stereocenters. The number of hydrogen-bond donors (Lipinski definition) is 3. The highest BCUT2D eigenvalue weighted by Crippen LogP contribution is 2.42. The first-order valence-corrected chi connectivity index (χ1v) is 13.3. The first kappa shape index (κ1) is 26.1. The average Bonchev–Trinajstić information content (AvgIpc) is 3.56. The minimum atomic E-state index is -0.668. The molecule has 2 saturated heterocycles. The third kappa shape index (κ3) is 5.21. The van der Waals surface area contributed by atoms with Crippen LogP contribution in [-0.4, -0.2) is 89.3 Å². The number of amidine groups is 1. The Morgan fingerprint density at radius 3 is 2.45 bits per heavy atom. The molecule has 0 radical (unpaired) electrons. The first-order valence-electron chi connectivity index (χ1n) is 13.3. The molecule has 1 aromatic carbocycles. The molecular weight excluding hydrogens is 486 g/mol. The minimum absolute atomic E-state index is 0.0215. The van der Waals surface area contributed by atoms with Crippen molar-refractivity contribution in [3.8, 4) is 11.5 Å². The number of aromatic nitrogens is 1. The van der Waals surface area contributed by atoms with E-state index in [0.717, 1.165) is 38.5 Å². The number of carbonyl (C=O) groups excluding carboxylic acids is 1. The molecule has 38 heavy (non-hydrogen) atoms. The number of nitrogens with zero attached hydrogens (tertiary/aromatic N) is 6. The molecule has 1 atom stereocenters. The van der Waals surface area contributed by atoms with E-state index in [2.05, 4.69) is 19.9 Å². The number of aromatic hydroxyl groups is 2. The summed E-state index contributed by atoms with van der Waals surface area (Å²) in [6, 6.07) is 6.97. The van der Waals surface area contributed by atoms with Crippen molar-refractivity contribution in [3.05, 3.63) is 41.6 Å². The van der Waals surface area contributed by atoms with Crippen molar-refractivity contribution in [3.63, 3.8) is 0 Å². The molecule has 3 aliphatic heterocycles. The molecule has 1 amide bonds. The van der Waals surface area contributed by atoms with Gasteiger partial charge in [-0.25, -0.2) is 4.98 Å². The summed E-state index contributed by atoms with van der Waals surface area (Å²) in [5, 5.41) is 28.0. The molecule has 0 spiro atoms. The van der Waals surface area contributed by atoms with E-state index in [1.165, 1.54) is 18.9 Å². The van der Waals surface area contributed by atoms with E-state index in [0.29, 0.717) is 36.6 Å². The number of primary amides is 1. The second-order valence-corrected chi connectivity index (χ2v) is 10.3. The number of likely N-dealkylation sites (tertiary alicyclic amines) is 1. The van der Waals surface area contributed by atoms with E-state index >= 15 is 0 Å². The Bertz CT molecular complexity index is 1170. The normalized spacial score (nSPS) is 20.4. The van der Waals surface area contributed by atoms with Gasteiger partial charge in [0.25, 0.3) is 5.91 Å². The maximum atomic E-state index is 12.7. The second-order valence-electron chi connectivity index (χ2n) is 10.3. The first-order chi connectivity index (χ1) is 18.3. The van der Waals surface area contributed by atoms with Crippen LogP contribution in [0.25, 0.3) is 0 Å². The lowest BCUT2D eigenvalue weighted by atomic mass is 9.97. The number of phenolic OH excluding ortho intramolecular Hbond substituents is 2. The molecule has 3 aliphatic rings. The number of pyridine rings is 1. The fourth-order valence-corrected chi connectivity index (χ4v) is 5.41. The van der Waals surface area contributed by atoms with E-state index in [1.807, 2.05) is 31.0 Å². The van der Waals surface area contributed by atoms with Gasteiger partial charge in [0.15, 0.2) is 6.17 Å². The molecule has 4 N–H and O–H groups in total. The van der Waals surface area contributed by atoms with Crippen LogP contribution in [0.15, 0.2) is 35.6 Å². The van der Waals surface area contributed by atoms with Crippen molar-refractivity contribution in [1.29, 1.82) is 0 Å². The molecule has 11 nitrogen and oxygen atoms in total. The lowest BCUT2D eigenvalue weighted by Gasteiger charge is -2.33. The zero-order valence-electron chi connectivity index (χ0n) is 22.1. The highest BCUT2D eigenvalue weighted by Gasteiger charge is 2.41. The Balaban J connectivity index is 1.54. The summed E-state index contributed by atoms with van der Waals surface area (Å²) in [4.78, 5) is 23.6. The van der Waals surface area contributed by atoms with Crippen molar-refractivity contribution >= 4 is 23.2 Å². The van der Waals surface area contributed by atoms with Gasteiger partial charge in [-0.2, -0.15) is 5.10 Å². The quantitative estimate of drug-likeness (QED) is 0.476. The standard InChI is InChI=1S/C27H37N7O4/c1-18(2)20-15-21(23(36)16-22(20)35)27-33(10-9-31-7-3-4-8-31)30-26(25(28)37)34(27)19-5-6-24(29-17-19)32-11-13-38-14-12-32/h5-6,15-18,27,35-36H,3-4,7-14H2,1-2H3,(H2,28,37). The highest BCUT2D eigenvalue weighted by molar-refractivity contribution is 6.43. The van der Waals surface area contributed by atoms with Crippen LogP contribution >= 0.6 is 0 Å². The average molecular weight is 524 g/mol. The van der Waals surface area contributed by atoms with Gasteiger partial charge in [0.2, 0.25) is 5.84 Å². The molecule has 204 valence electrons. The molecule has 2 aromatic rings. The maximum Gasteiger partial charge on any atom is 0.286 e. The van der Waals surface area contributed by atoms with Gasteiger partial charge in [0.05, 0.1) is 31.6 Å². The summed E-state index contributed by atoms with van der Waals surface area (Å²) in [6.07, 6.45) is 3.40. The van der Waals surface area contributed by atoms with Gasteiger partial charge in [0.1, 0.15) is 17.3 Å². The predicted molar refractivity (Wildman–Crippen MR) is 145 cm³/mol. The number of phenols is 2. The van der Waals surface area contributed by atoms with E-state index in [9.17, 15) is 15.0 Å².